The van der Waals surface area contributed by atoms with Crippen molar-refractivity contribution in [3.8, 4) is 0 Å². The number of ether oxygens (including phenoxy) is 2. The highest BCUT2D eigenvalue weighted by atomic mass is 16.6. The standard InChI is InChI=1S/C15H25N3O4/c1-14(2,3)21-12(19)17-7-10-8-18(16-11(10)9-17)13(20)22-15(4,5)6/h10H,7-9H2,1-6H3. The van der Waals surface area contributed by atoms with E-state index in [1.807, 2.05) is 41.5 Å². The highest BCUT2D eigenvalue weighted by Crippen LogP contribution is 2.25. The second-order valence-electron chi connectivity index (χ2n) is 7.71. The quantitative estimate of drug-likeness (QED) is 0.689. The van der Waals surface area contributed by atoms with E-state index in [9.17, 15) is 9.59 Å². The van der Waals surface area contributed by atoms with Crippen molar-refractivity contribution >= 4 is 17.9 Å². The zero-order valence-electron chi connectivity index (χ0n) is 14.2. The smallest absolute Gasteiger partial charge is 0.430 e. The first-order valence-electron chi connectivity index (χ1n) is 7.50. The Balaban J connectivity index is 1.94. The molecule has 2 rings (SSSR count). The van der Waals surface area contributed by atoms with Crippen molar-refractivity contribution in [2.24, 2.45) is 11.0 Å². The molecule has 1 atom stereocenters. The van der Waals surface area contributed by atoms with Gasteiger partial charge in [0.05, 0.1) is 18.8 Å². The molecule has 7 nitrogen and oxygen atoms in total. The second-order valence-corrected chi connectivity index (χ2v) is 7.71. The zero-order valence-corrected chi connectivity index (χ0v) is 14.2. The summed E-state index contributed by atoms with van der Waals surface area (Å²) in [5.74, 6) is 0.0695. The van der Waals surface area contributed by atoms with E-state index in [0.29, 0.717) is 19.6 Å². The van der Waals surface area contributed by atoms with Crippen LogP contribution in [0.15, 0.2) is 5.10 Å². The molecule has 2 heterocycles. The highest BCUT2D eigenvalue weighted by Gasteiger charge is 2.41. The molecule has 0 aromatic rings. The molecule has 124 valence electrons. The van der Waals surface area contributed by atoms with Gasteiger partial charge in [0.25, 0.3) is 0 Å². The van der Waals surface area contributed by atoms with Gasteiger partial charge in [-0.05, 0) is 41.5 Å². The van der Waals surface area contributed by atoms with Gasteiger partial charge in [-0.15, -0.1) is 0 Å². The minimum absolute atomic E-state index is 0.0695. The molecule has 0 aliphatic carbocycles. The van der Waals surface area contributed by atoms with Gasteiger partial charge in [-0.3, -0.25) is 0 Å². The Kier molecular flexibility index (Phi) is 4.10. The van der Waals surface area contributed by atoms with Gasteiger partial charge in [-0.25, -0.2) is 9.59 Å². The molecule has 1 unspecified atom stereocenters. The first kappa shape index (κ1) is 16.6. The van der Waals surface area contributed by atoms with Crippen LogP contribution in [0.5, 0.6) is 0 Å². The number of likely N-dealkylation sites (tertiary alicyclic amines) is 1. The topological polar surface area (TPSA) is 71.4 Å². The third-order valence-electron chi connectivity index (χ3n) is 3.16. The van der Waals surface area contributed by atoms with Gasteiger partial charge in [0, 0.05) is 12.5 Å². The van der Waals surface area contributed by atoms with Crippen LogP contribution in [0.3, 0.4) is 0 Å². The Bertz CT molecular complexity index is 502. The van der Waals surface area contributed by atoms with Crippen LogP contribution in [-0.2, 0) is 9.47 Å². The number of amides is 2. The molecular weight excluding hydrogens is 286 g/mol. The van der Waals surface area contributed by atoms with Gasteiger partial charge in [0.1, 0.15) is 11.2 Å². The molecule has 2 aliphatic rings. The fourth-order valence-electron chi connectivity index (χ4n) is 2.34. The van der Waals surface area contributed by atoms with Gasteiger partial charge in [-0.2, -0.15) is 10.1 Å². The van der Waals surface area contributed by atoms with Crippen LogP contribution in [-0.4, -0.2) is 58.6 Å². The first-order chi connectivity index (χ1) is 9.94. The third kappa shape index (κ3) is 4.11. The zero-order chi connectivity index (χ0) is 16.7. The number of carbonyl (C=O) groups is 2. The van der Waals surface area contributed by atoms with Gasteiger partial charge in [0.2, 0.25) is 0 Å². The average Bonchev–Trinajstić information content (AvgIpc) is 2.80. The summed E-state index contributed by atoms with van der Waals surface area (Å²) in [6.45, 7) is 12.3. The largest absolute Gasteiger partial charge is 0.444 e. The molecular formula is C15H25N3O4. The summed E-state index contributed by atoms with van der Waals surface area (Å²) in [5.41, 5.74) is -0.229. The molecule has 0 aromatic heterocycles. The Hall–Kier alpha value is -1.79. The first-order valence-corrected chi connectivity index (χ1v) is 7.50. The van der Waals surface area contributed by atoms with Crippen molar-refractivity contribution in [3.05, 3.63) is 0 Å². The molecule has 0 radical (unpaired) electrons. The van der Waals surface area contributed by atoms with Gasteiger partial charge >= 0.3 is 12.2 Å². The Labute approximate surface area is 131 Å². The fourth-order valence-corrected chi connectivity index (χ4v) is 2.34. The minimum atomic E-state index is -0.544. The van der Waals surface area contributed by atoms with Crippen molar-refractivity contribution in [3.63, 3.8) is 0 Å². The Morgan fingerprint density at radius 1 is 1.00 bits per heavy atom. The molecule has 2 aliphatic heterocycles. The Morgan fingerprint density at radius 2 is 1.55 bits per heavy atom. The number of hydrazone groups is 1. The molecule has 1 fully saturated rings. The fraction of sp³-hybridized carbons (Fsp3) is 0.800. The van der Waals surface area contributed by atoms with Crippen LogP contribution in [0.1, 0.15) is 41.5 Å². The van der Waals surface area contributed by atoms with Crippen molar-refractivity contribution in [2.75, 3.05) is 19.6 Å². The molecule has 0 aromatic carbocycles. The second kappa shape index (κ2) is 5.44. The maximum Gasteiger partial charge on any atom is 0.430 e. The number of fused-ring (bicyclic) bond motifs is 1. The van der Waals surface area contributed by atoms with E-state index >= 15 is 0 Å². The SMILES string of the molecule is CC(C)(C)OC(=O)N1CC2=NN(C(=O)OC(C)(C)C)CC2C1. The predicted octanol–water partition coefficient (Wildman–Crippen LogP) is 2.46. The Morgan fingerprint density at radius 3 is 2.05 bits per heavy atom. The van der Waals surface area contributed by atoms with Crippen LogP contribution in [0.2, 0.25) is 0 Å². The van der Waals surface area contributed by atoms with Crippen molar-refractivity contribution in [1.82, 2.24) is 9.91 Å². The summed E-state index contributed by atoms with van der Waals surface area (Å²) in [6, 6.07) is 0. The lowest BCUT2D eigenvalue weighted by Gasteiger charge is -2.25. The summed E-state index contributed by atoms with van der Waals surface area (Å²) in [7, 11) is 0. The number of hydrogen-bond acceptors (Lipinski definition) is 5. The molecule has 7 heteroatoms. The summed E-state index contributed by atoms with van der Waals surface area (Å²) in [6.07, 6.45) is -0.786. The highest BCUT2D eigenvalue weighted by molar-refractivity contribution is 5.96. The number of hydrogen-bond donors (Lipinski definition) is 0. The number of carbonyl (C=O) groups excluding carboxylic acids is 2. The number of rotatable bonds is 0. The van der Waals surface area contributed by atoms with E-state index in [2.05, 4.69) is 5.10 Å². The summed E-state index contributed by atoms with van der Waals surface area (Å²) in [4.78, 5) is 25.7. The molecule has 1 saturated heterocycles. The van der Waals surface area contributed by atoms with E-state index < -0.39 is 17.3 Å². The van der Waals surface area contributed by atoms with Crippen LogP contribution in [0, 0.1) is 5.92 Å². The predicted molar refractivity (Wildman–Crippen MR) is 81.7 cm³/mol. The van der Waals surface area contributed by atoms with Crippen molar-refractivity contribution in [2.45, 2.75) is 52.7 Å². The van der Waals surface area contributed by atoms with E-state index in [4.69, 9.17) is 9.47 Å². The minimum Gasteiger partial charge on any atom is -0.444 e. The third-order valence-corrected chi connectivity index (χ3v) is 3.16. The maximum atomic E-state index is 12.0. The van der Waals surface area contributed by atoms with Gasteiger partial charge < -0.3 is 14.4 Å². The van der Waals surface area contributed by atoms with Crippen molar-refractivity contribution < 1.29 is 19.1 Å². The average molecular weight is 311 g/mol. The van der Waals surface area contributed by atoms with Crippen LogP contribution < -0.4 is 0 Å². The molecule has 2 amide bonds. The van der Waals surface area contributed by atoms with Gasteiger partial charge in [-0.1, -0.05) is 0 Å². The van der Waals surface area contributed by atoms with E-state index in [-0.39, 0.29) is 12.0 Å². The van der Waals surface area contributed by atoms with E-state index in [1.165, 1.54) is 5.01 Å². The van der Waals surface area contributed by atoms with E-state index in [0.717, 1.165) is 5.71 Å². The van der Waals surface area contributed by atoms with Gasteiger partial charge in [0.15, 0.2) is 0 Å². The van der Waals surface area contributed by atoms with Crippen LogP contribution in [0.25, 0.3) is 0 Å². The lowest BCUT2D eigenvalue weighted by Crippen LogP contribution is -2.38. The maximum absolute atomic E-state index is 12.0. The molecule has 0 spiro atoms. The van der Waals surface area contributed by atoms with Crippen molar-refractivity contribution in [1.29, 1.82) is 0 Å². The summed E-state index contributed by atoms with van der Waals surface area (Å²) in [5, 5.41) is 5.63. The van der Waals surface area contributed by atoms with Crippen LogP contribution in [0.4, 0.5) is 9.59 Å². The normalized spacial score (nSPS) is 21.5. The lowest BCUT2D eigenvalue weighted by atomic mass is 10.1. The summed E-state index contributed by atoms with van der Waals surface area (Å²) < 4.78 is 10.7. The monoisotopic (exact) mass is 311 g/mol. The van der Waals surface area contributed by atoms with Crippen LogP contribution >= 0.6 is 0 Å². The lowest BCUT2D eigenvalue weighted by molar-refractivity contribution is 0.0232. The molecule has 22 heavy (non-hydrogen) atoms. The molecule has 0 N–H and O–H groups in total. The van der Waals surface area contributed by atoms with E-state index in [1.54, 1.807) is 4.90 Å². The number of nitrogens with zero attached hydrogens (tertiary/aromatic N) is 3. The molecule has 0 saturated carbocycles. The molecule has 0 bridgehead atoms. The summed E-state index contributed by atoms with van der Waals surface area (Å²) >= 11 is 0.